The van der Waals surface area contributed by atoms with E-state index in [0.717, 1.165) is 29.4 Å². The zero-order valence-corrected chi connectivity index (χ0v) is 23.4. The molecule has 1 unspecified atom stereocenters. The number of hydrogen-bond acceptors (Lipinski definition) is 6. The number of benzene rings is 2. The van der Waals surface area contributed by atoms with Crippen LogP contribution >= 0.6 is 39.3 Å². The predicted octanol–water partition coefficient (Wildman–Crippen LogP) is 6.30. The van der Waals surface area contributed by atoms with Crippen molar-refractivity contribution in [2.75, 3.05) is 19.1 Å². The molecule has 16 heteroatoms. The van der Waals surface area contributed by atoms with E-state index in [1.807, 2.05) is 0 Å². The van der Waals surface area contributed by atoms with Gasteiger partial charge in [0.15, 0.2) is 9.84 Å². The van der Waals surface area contributed by atoms with Crippen molar-refractivity contribution in [3.05, 3.63) is 62.6 Å². The maximum atomic E-state index is 14.2. The Morgan fingerprint density at radius 3 is 2.39 bits per heavy atom. The van der Waals surface area contributed by atoms with Gasteiger partial charge in [-0.25, -0.2) is 8.42 Å². The Bertz CT molecular complexity index is 1380. The molecule has 3 rings (SSSR count). The minimum atomic E-state index is -4.95. The Hall–Kier alpha value is -1.97. The predicted molar refractivity (Wildman–Crippen MR) is 134 cm³/mol. The summed E-state index contributed by atoms with van der Waals surface area (Å²) >= 11 is 8.45. The molecular formula is C22H18BrClF6N2O4S2. The van der Waals surface area contributed by atoms with Gasteiger partial charge in [0.1, 0.15) is 5.75 Å². The fourth-order valence-electron chi connectivity index (χ4n) is 3.57. The van der Waals surface area contributed by atoms with Gasteiger partial charge in [0.05, 0.1) is 10.7 Å². The molecule has 1 atom stereocenters. The molecule has 0 N–H and O–H groups in total. The molecular weight excluding hydrogens is 650 g/mol. The lowest BCUT2D eigenvalue weighted by Gasteiger charge is -2.29. The average molecular weight is 668 g/mol. The summed E-state index contributed by atoms with van der Waals surface area (Å²) in [5, 5.41) is 3.74. The molecule has 0 bridgehead atoms. The highest BCUT2D eigenvalue weighted by Gasteiger charge is 2.62. The number of rotatable bonds is 7. The fraction of sp³-hybridized carbons (Fsp3) is 0.364. The highest BCUT2D eigenvalue weighted by atomic mass is 79.9. The largest absolute Gasteiger partial charge is 0.446 e. The monoisotopic (exact) mass is 666 g/mol. The number of halogens is 8. The molecule has 0 fully saturated rings. The Balaban J connectivity index is 1.96. The third-order valence-corrected chi connectivity index (χ3v) is 8.23. The maximum absolute atomic E-state index is 14.2. The van der Waals surface area contributed by atoms with Crippen LogP contribution in [0.3, 0.4) is 0 Å². The molecule has 1 aliphatic rings. The van der Waals surface area contributed by atoms with Gasteiger partial charge in [-0.3, -0.25) is 4.79 Å². The number of amides is 1. The Labute approximate surface area is 231 Å². The van der Waals surface area contributed by atoms with Crippen LogP contribution in [0.4, 0.5) is 26.3 Å². The van der Waals surface area contributed by atoms with Gasteiger partial charge in [-0.1, -0.05) is 35.0 Å². The third kappa shape index (κ3) is 7.16. The zero-order chi connectivity index (χ0) is 28.7. The van der Waals surface area contributed by atoms with Crippen molar-refractivity contribution in [2.45, 2.75) is 35.1 Å². The molecule has 0 aliphatic carbocycles. The number of nitrogens with zero attached hydrogens (tertiary/aromatic N) is 2. The first-order valence-corrected chi connectivity index (χ1v) is 14.4. The molecule has 0 saturated heterocycles. The molecule has 38 heavy (non-hydrogen) atoms. The summed E-state index contributed by atoms with van der Waals surface area (Å²) in [5.74, 6) is -1.67. The standard InChI is InChI=1S/C22H18BrClF6N2O4S2/c1-32(19(33)11-38(2,34)35)10-13-4-3-12(7-18(13)37-22(28,29)30)17-9-20(36-31-17,21(25,26)27)14-5-6-16(24)15(23)8-14/h3-8H,9-11H2,1-2H3. The molecule has 0 spiro atoms. The van der Waals surface area contributed by atoms with Crippen molar-refractivity contribution in [2.24, 2.45) is 5.16 Å². The van der Waals surface area contributed by atoms with Crippen LogP contribution in [-0.4, -0.2) is 55.7 Å². The lowest BCUT2D eigenvalue weighted by molar-refractivity contribution is -0.275. The second-order valence-electron chi connectivity index (χ2n) is 8.45. The third-order valence-electron chi connectivity index (χ3n) is 5.42. The normalized spacial score (nSPS) is 18.2. The van der Waals surface area contributed by atoms with Crippen molar-refractivity contribution in [1.29, 1.82) is 0 Å². The highest BCUT2D eigenvalue weighted by molar-refractivity contribution is 9.10. The fourth-order valence-corrected chi connectivity index (χ4v) is 5.43. The number of oxime groups is 1. The SMILES string of the molecule is CN(Cc1ccc(C2=NOC(c3ccc(Cl)c(Br)c3)(C(F)(F)F)C2)cc1SC(F)(F)F)C(=O)CS(C)(=O)=O. The first-order valence-electron chi connectivity index (χ1n) is 10.4. The van der Waals surface area contributed by atoms with Crippen LogP contribution < -0.4 is 0 Å². The molecule has 0 radical (unpaired) electrons. The van der Waals surface area contributed by atoms with Crippen molar-refractivity contribution in [3.8, 4) is 0 Å². The topological polar surface area (TPSA) is 76.0 Å². The summed E-state index contributed by atoms with van der Waals surface area (Å²) in [4.78, 5) is 17.6. The maximum Gasteiger partial charge on any atom is 0.446 e. The van der Waals surface area contributed by atoms with E-state index in [0.29, 0.717) is 0 Å². The van der Waals surface area contributed by atoms with Crippen molar-refractivity contribution < 1.29 is 44.4 Å². The van der Waals surface area contributed by atoms with Gasteiger partial charge >= 0.3 is 11.7 Å². The molecule has 0 aromatic heterocycles. The summed E-state index contributed by atoms with van der Waals surface area (Å²) in [6.45, 7) is -0.374. The van der Waals surface area contributed by atoms with E-state index in [-0.39, 0.29) is 38.4 Å². The van der Waals surface area contributed by atoms with Gasteiger partial charge < -0.3 is 9.74 Å². The van der Waals surface area contributed by atoms with Crippen LogP contribution in [0.1, 0.15) is 23.1 Å². The van der Waals surface area contributed by atoms with E-state index in [9.17, 15) is 39.6 Å². The first-order chi connectivity index (χ1) is 17.3. The van der Waals surface area contributed by atoms with Crippen LogP contribution in [-0.2, 0) is 31.6 Å². The summed E-state index contributed by atoms with van der Waals surface area (Å²) < 4.78 is 106. The quantitative estimate of drug-likeness (QED) is 0.256. The van der Waals surface area contributed by atoms with E-state index < -0.39 is 61.9 Å². The minimum absolute atomic E-state index is 0.00339. The Kier molecular flexibility index (Phi) is 8.76. The van der Waals surface area contributed by atoms with Gasteiger partial charge in [-0.15, -0.1) is 0 Å². The minimum Gasteiger partial charge on any atom is -0.374 e. The number of carbonyl (C=O) groups is 1. The number of hydrogen-bond donors (Lipinski definition) is 0. The Morgan fingerprint density at radius 1 is 1.18 bits per heavy atom. The highest BCUT2D eigenvalue weighted by Crippen LogP contribution is 2.50. The number of alkyl halides is 6. The molecule has 1 aliphatic heterocycles. The molecule has 6 nitrogen and oxygen atoms in total. The summed E-state index contributed by atoms with van der Waals surface area (Å²) in [5.41, 5.74) is -8.27. The lowest BCUT2D eigenvalue weighted by atomic mass is 9.86. The van der Waals surface area contributed by atoms with E-state index in [2.05, 4.69) is 21.1 Å². The van der Waals surface area contributed by atoms with Gasteiger partial charge in [-0.2, -0.15) is 26.3 Å². The van der Waals surface area contributed by atoms with Crippen LogP contribution in [0.15, 0.2) is 50.9 Å². The molecule has 208 valence electrons. The van der Waals surface area contributed by atoms with Crippen LogP contribution in [0.2, 0.25) is 5.02 Å². The Morgan fingerprint density at radius 2 is 1.84 bits per heavy atom. The number of sulfone groups is 1. The number of carbonyl (C=O) groups excluding carboxylic acids is 1. The first kappa shape index (κ1) is 30.6. The van der Waals surface area contributed by atoms with Gasteiger partial charge in [0.2, 0.25) is 5.91 Å². The molecule has 0 saturated carbocycles. The molecule has 2 aromatic rings. The van der Waals surface area contributed by atoms with Crippen molar-refractivity contribution in [3.63, 3.8) is 0 Å². The molecule has 1 heterocycles. The second kappa shape index (κ2) is 10.9. The lowest BCUT2D eigenvalue weighted by Crippen LogP contribution is -2.42. The van der Waals surface area contributed by atoms with Crippen LogP contribution in [0.25, 0.3) is 0 Å². The second-order valence-corrected chi connectivity index (χ2v) is 13.0. The summed E-state index contributed by atoms with van der Waals surface area (Å²) in [7, 11) is -2.45. The van der Waals surface area contributed by atoms with Crippen LogP contribution in [0.5, 0.6) is 0 Å². The van der Waals surface area contributed by atoms with Gasteiger partial charge in [-0.05, 0) is 51.5 Å². The van der Waals surface area contributed by atoms with Gasteiger partial charge in [0.25, 0.3) is 5.60 Å². The molecule has 1 amide bonds. The van der Waals surface area contributed by atoms with E-state index in [1.54, 1.807) is 0 Å². The van der Waals surface area contributed by atoms with E-state index in [1.165, 1.54) is 25.2 Å². The van der Waals surface area contributed by atoms with E-state index >= 15 is 0 Å². The summed E-state index contributed by atoms with van der Waals surface area (Å²) in [6, 6.07) is 6.97. The number of thioether (sulfide) groups is 1. The summed E-state index contributed by atoms with van der Waals surface area (Å²) in [6.07, 6.45) is -4.93. The average Bonchev–Trinajstić information content (AvgIpc) is 3.21. The van der Waals surface area contributed by atoms with Gasteiger partial charge in [0, 0.05) is 46.8 Å². The van der Waals surface area contributed by atoms with Crippen LogP contribution in [0, 0.1) is 0 Å². The zero-order valence-electron chi connectivity index (χ0n) is 19.5. The van der Waals surface area contributed by atoms with E-state index in [4.69, 9.17) is 16.4 Å². The smallest absolute Gasteiger partial charge is 0.374 e. The van der Waals surface area contributed by atoms with Crippen molar-refractivity contribution in [1.82, 2.24) is 4.90 Å². The molecule has 2 aromatic carbocycles. The van der Waals surface area contributed by atoms with Crippen molar-refractivity contribution >= 4 is 60.7 Å².